The number of methoxy groups -OCH3 is 1. The first-order chi connectivity index (χ1) is 8.58. The molecule has 0 bridgehead atoms. The summed E-state index contributed by atoms with van der Waals surface area (Å²) < 4.78 is 11.5. The van der Waals surface area contributed by atoms with E-state index in [2.05, 4.69) is 26.7 Å². The molecule has 0 N–H and O–H groups in total. The third kappa shape index (κ3) is 3.23. The molecular weight excluding hydrogens is 298 g/mol. The fourth-order valence-corrected chi connectivity index (χ4v) is 2.50. The predicted octanol–water partition coefficient (Wildman–Crippen LogP) is 1.86. The summed E-state index contributed by atoms with van der Waals surface area (Å²) in [6.45, 7) is 0.998. The molecule has 0 fully saturated rings. The second-order valence-corrected chi connectivity index (χ2v) is 5.38. The third-order valence-corrected chi connectivity index (χ3v) is 3.40. The summed E-state index contributed by atoms with van der Waals surface area (Å²) in [7, 11) is 3.29. The molecule has 1 aromatic carbocycles. The van der Waals surface area contributed by atoms with Crippen LogP contribution < -0.4 is 4.74 Å². The normalized spacial score (nSPS) is 17.4. The predicted molar refractivity (Wildman–Crippen MR) is 71.8 cm³/mol. The molecule has 0 aliphatic carbocycles. The average molecular weight is 314 g/mol. The molecule has 98 valence electrons. The van der Waals surface area contributed by atoms with E-state index >= 15 is 0 Å². The Bertz CT molecular complexity index is 450. The van der Waals surface area contributed by atoms with E-state index in [0.717, 1.165) is 16.6 Å². The summed E-state index contributed by atoms with van der Waals surface area (Å²) in [4.78, 5) is 13.1. The van der Waals surface area contributed by atoms with Crippen molar-refractivity contribution in [3.8, 4) is 5.75 Å². The van der Waals surface area contributed by atoms with Crippen molar-refractivity contribution < 1.29 is 14.3 Å². The first-order valence-corrected chi connectivity index (χ1v) is 6.58. The molecule has 5 heteroatoms. The number of carbonyl (C=O) groups is 1. The zero-order valence-corrected chi connectivity index (χ0v) is 12.1. The Kier molecular flexibility index (Phi) is 4.24. The van der Waals surface area contributed by atoms with Crippen LogP contribution in [0.25, 0.3) is 0 Å². The van der Waals surface area contributed by atoms with Crippen LogP contribution in [0.2, 0.25) is 0 Å². The lowest BCUT2D eigenvalue weighted by molar-refractivity contribution is -0.141. The van der Waals surface area contributed by atoms with Crippen molar-refractivity contribution in [1.82, 2.24) is 4.90 Å². The molecule has 1 aliphatic heterocycles. The zero-order chi connectivity index (χ0) is 13.1. The minimum absolute atomic E-state index is 0.101. The maximum atomic E-state index is 11.1. The molecule has 0 aromatic heterocycles. The van der Waals surface area contributed by atoms with Crippen LogP contribution in [0.3, 0.4) is 0 Å². The van der Waals surface area contributed by atoms with Gasteiger partial charge in [0.15, 0.2) is 0 Å². The number of fused-ring (bicyclic) bond motifs is 1. The van der Waals surface area contributed by atoms with Gasteiger partial charge >= 0.3 is 5.97 Å². The molecule has 1 heterocycles. The van der Waals surface area contributed by atoms with E-state index in [1.54, 1.807) is 0 Å². The number of carbonyl (C=O) groups excluding carboxylic acids is 1. The topological polar surface area (TPSA) is 38.8 Å². The van der Waals surface area contributed by atoms with Gasteiger partial charge in [0, 0.05) is 17.4 Å². The van der Waals surface area contributed by atoms with Crippen LogP contribution in [0.1, 0.15) is 5.56 Å². The molecule has 1 atom stereocenters. The molecule has 0 radical (unpaired) electrons. The molecule has 0 saturated carbocycles. The van der Waals surface area contributed by atoms with Gasteiger partial charge in [-0.1, -0.05) is 15.9 Å². The Morgan fingerprint density at radius 2 is 2.39 bits per heavy atom. The second-order valence-electron chi connectivity index (χ2n) is 4.47. The van der Waals surface area contributed by atoms with Gasteiger partial charge in [0.2, 0.25) is 0 Å². The Morgan fingerprint density at radius 3 is 3.11 bits per heavy atom. The van der Waals surface area contributed by atoms with Gasteiger partial charge in [0.1, 0.15) is 11.9 Å². The van der Waals surface area contributed by atoms with E-state index in [9.17, 15) is 4.79 Å². The number of likely N-dealkylation sites (N-methyl/N-ethyl adjacent to an activating group) is 1. The minimum Gasteiger partial charge on any atom is -0.488 e. The number of ether oxygens (including phenoxy) is 2. The first kappa shape index (κ1) is 13.4. The van der Waals surface area contributed by atoms with E-state index in [1.165, 1.54) is 12.7 Å². The molecule has 18 heavy (non-hydrogen) atoms. The van der Waals surface area contributed by atoms with Crippen molar-refractivity contribution in [1.29, 1.82) is 0 Å². The Balaban J connectivity index is 1.89. The summed E-state index contributed by atoms with van der Waals surface area (Å²) >= 11 is 3.45. The Hall–Kier alpha value is -1.07. The van der Waals surface area contributed by atoms with Crippen molar-refractivity contribution in [3.63, 3.8) is 0 Å². The van der Waals surface area contributed by atoms with Crippen molar-refractivity contribution >= 4 is 21.9 Å². The van der Waals surface area contributed by atoms with E-state index in [4.69, 9.17) is 4.74 Å². The lowest BCUT2D eigenvalue weighted by atomic mass is 10.1. The highest BCUT2D eigenvalue weighted by molar-refractivity contribution is 9.10. The SMILES string of the molecule is COC(=O)CN(C)CC1Cc2cc(Br)ccc2O1. The number of nitrogens with zero attached hydrogens (tertiary/aromatic N) is 1. The van der Waals surface area contributed by atoms with Crippen LogP contribution in [0.15, 0.2) is 22.7 Å². The summed E-state index contributed by atoms with van der Waals surface area (Å²) in [5.41, 5.74) is 1.21. The molecule has 0 saturated heterocycles. The van der Waals surface area contributed by atoms with Gasteiger partial charge in [0.25, 0.3) is 0 Å². The third-order valence-electron chi connectivity index (χ3n) is 2.91. The maximum absolute atomic E-state index is 11.1. The molecule has 0 spiro atoms. The van der Waals surface area contributed by atoms with Crippen LogP contribution >= 0.6 is 15.9 Å². The summed E-state index contributed by atoms with van der Waals surface area (Å²) in [6.07, 6.45) is 0.976. The van der Waals surface area contributed by atoms with Crippen molar-refractivity contribution in [2.24, 2.45) is 0 Å². The van der Waals surface area contributed by atoms with Crippen molar-refractivity contribution in [2.75, 3.05) is 27.2 Å². The monoisotopic (exact) mass is 313 g/mol. The van der Waals surface area contributed by atoms with Crippen LogP contribution in [0, 0.1) is 0 Å². The van der Waals surface area contributed by atoms with Gasteiger partial charge in [-0.05, 0) is 30.8 Å². The number of esters is 1. The van der Waals surface area contributed by atoms with Crippen molar-refractivity contribution in [3.05, 3.63) is 28.2 Å². The van der Waals surface area contributed by atoms with Crippen LogP contribution in [-0.4, -0.2) is 44.2 Å². The summed E-state index contributed by atoms with van der Waals surface area (Å²) in [5, 5.41) is 0. The first-order valence-electron chi connectivity index (χ1n) is 5.79. The largest absolute Gasteiger partial charge is 0.488 e. The highest BCUT2D eigenvalue weighted by Gasteiger charge is 2.24. The van der Waals surface area contributed by atoms with Crippen LogP contribution in [0.5, 0.6) is 5.75 Å². The van der Waals surface area contributed by atoms with Gasteiger partial charge in [-0.25, -0.2) is 0 Å². The van der Waals surface area contributed by atoms with Gasteiger partial charge < -0.3 is 9.47 Å². The molecule has 4 nitrogen and oxygen atoms in total. The van der Waals surface area contributed by atoms with Crippen LogP contribution in [-0.2, 0) is 16.0 Å². The number of benzene rings is 1. The number of halogens is 1. The number of rotatable bonds is 4. The molecule has 1 unspecified atom stereocenters. The lowest BCUT2D eigenvalue weighted by Gasteiger charge is -2.19. The lowest BCUT2D eigenvalue weighted by Crippen LogP contribution is -2.35. The standard InChI is InChI=1S/C13H16BrNO3/c1-15(8-13(16)17-2)7-11-6-9-5-10(14)3-4-12(9)18-11/h3-5,11H,6-8H2,1-2H3. The van der Waals surface area contributed by atoms with Crippen molar-refractivity contribution in [2.45, 2.75) is 12.5 Å². The van der Waals surface area contributed by atoms with Gasteiger partial charge in [-0.3, -0.25) is 9.69 Å². The van der Waals surface area contributed by atoms with Gasteiger partial charge in [0.05, 0.1) is 13.7 Å². The second kappa shape index (κ2) is 5.71. The fourth-order valence-electron chi connectivity index (χ4n) is 2.09. The number of hydrogen-bond donors (Lipinski definition) is 0. The van der Waals surface area contributed by atoms with Gasteiger partial charge in [-0.15, -0.1) is 0 Å². The van der Waals surface area contributed by atoms with E-state index in [0.29, 0.717) is 6.54 Å². The molecule has 1 aromatic rings. The zero-order valence-electron chi connectivity index (χ0n) is 10.5. The quantitative estimate of drug-likeness (QED) is 0.795. The molecule has 2 rings (SSSR count). The highest BCUT2D eigenvalue weighted by Crippen LogP contribution is 2.31. The fraction of sp³-hybridized carbons (Fsp3) is 0.462. The highest BCUT2D eigenvalue weighted by atomic mass is 79.9. The smallest absolute Gasteiger partial charge is 0.319 e. The van der Waals surface area contributed by atoms with E-state index in [-0.39, 0.29) is 18.6 Å². The van der Waals surface area contributed by atoms with E-state index in [1.807, 2.05) is 24.1 Å². The minimum atomic E-state index is -0.226. The average Bonchev–Trinajstić information content (AvgIpc) is 2.69. The Morgan fingerprint density at radius 1 is 1.61 bits per heavy atom. The molecule has 0 amide bonds. The van der Waals surface area contributed by atoms with E-state index < -0.39 is 0 Å². The van der Waals surface area contributed by atoms with Crippen LogP contribution in [0.4, 0.5) is 0 Å². The Labute approximate surface area is 115 Å². The van der Waals surface area contributed by atoms with Gasteiger partial charge in [-0.2, -0.15) is 0 Å². The maximum Gasteiger partial charge on any atom is 0.319 e. The summed E-state index contributed by atoms with van der Waals surface area (Å²) in [5.74, 6) is 0.713. The molecular formula is C13H16BrNO3. The summed E-state index contributed by atoms with van der Waals surface area (Å²) in [6, 6.07) is 6.02. The molecule has 1 aliphatic rings. The number of hydrogen-bond acceptors (Lipinski definition) is 4.